The molecule has 0 aliphatic carbocycles. The summed E-state index contributed by atoms with van der Waals surface area (Å²) >= 11 is 1.52. The van der Waals surface area contributed by atoms with E-state index in [1.54, 1.807) is 12.1 Å². The molecule has 0 fully saturated rings. The van der Waals surface area contributed by atoms with Gasteiger partial charge in [-0.2, -0.15) is 13.2 Å². The Kier molecular flexibility index (Phi) is 4.49. The first-order valence-corrected chi connectivity index (χ1v) is 6.78. The van der Waals surface area contributed by atoms with Crippen molar-refractivity contribution in [2.45, 2.75) is 25.6 Å². The summed E-state index contributed by atoms with van der Waals surface area (Å²) in [5, 5.41) is 4.31. The molecule has 20 heavy (non-hydrogen) atoms. The van der Waals surface area contributed by atoms with Crippen LogP contribution in [0, 0.1) is 0 Å². The van der Waals surface area contributed by atoms with E-state index in [4.69, 9.17) is 4.42 Å². The van der Waals surface area contributed by atoms with Crippen molar-refractivity contribution < 1.29 is 22.4 Å². The lowest BCUT2D eigenvalue weighted by atomic mass is 10.3. The maximum atomic E-state index is 11.9. The third-order valence-corrected chi connectivity index (χ3v) is 3.41. The van der Waals surface area contributed by atoms with Gasteiger partial charge in [0.25, 0.3) is 0 Å². The maximum absolute atomic E-state index is 11.9. The number of alkyl halides is 3. The first kappa shape index (κ1) is 14.6. The van der Waals surface area contributed by atoms with Crippen LogP contribution in [0.1, 0.15) is 18.6 Å². The Balaban J connectivity index is 1.81. The Morgan fingerprint density at radius 1 is 1.30 bits per heavy atom. The van der Waals surface area contributed by atoms with Crippen molar-refractivity contribution in [1.29, 1.82) is 0 Å². The van der Waals surface area contributed by atoms with Gasteiger partial charge in [-0.1, -0.05) is 6.07 Å². The van der Waals surface area contributed by atoms with Gasteiger partial charge >= 0.3 is 6.18 Å². The van der Waals surface area contributed by atoms with E-state index < -0.39 is 24.9 Å². The summed E-state index contributed by atoms with van der Waals surface area (Å²) < 4.78 is 41.3. The van der Waals surface area contributed by atoms with Gasteiger partial charge in [0, 0.05) is 6.42 Å². The van der Waals surface area contributed by atoms with Crippen LogP contribution in [0.2, 0.25) is 0 Å². The third kappa shape index (κ3) is 4.41. The number of halogens is 3. The first-order chi connectivity index (χ1) is 9.44. The van der Waals surface area contributed by atoms with Gasteiger partial charge in [-0.15, -0.1) is 11.3 Å². The number of carbonyl (C=O) groups is 1. The first-order valence-electron chi connectivity index (χ1n) is 5.90. The summed E-state index contributed by atoms with van der Waals surface area (Å²) in [4.78, 5) is 12.2. The van der Waals surface area contributed by atoms with Gasteiger partial charge in [-0.05, 0) is 23.6 Å². The molecule has 7 heteroatoms. The van der Waals surface area contributed by atoms with Crippen molar-refractivity contribution in [2.75, 3.05) is 0 Å². The zero-order valence-electron chi connectivity index (χ0n) is 10.4. The van der Waals surface area contributed by atoms with Crippen molar-refractivity contribution in [3.8, 4) is 10.6 Å². The quantitative estimate of drug-likeness (QED) is 0.908. The number of amides is 1. The average Bonchev–Trinajstić information content (AvgIpc) is 3.03. The second-order valence-electron chi connectivity index (χ2n) is 4.14. The van der Waals surface area contributed by atoms with Gasteiger partial charge < -0.3 is 9.73 Å². The SMILES string of the molecule is O=C(CCC(F)(F)F)NCc1ccc(-c2cccs2)o1. The van der Waals surface area contributed by atoms with E-state index in [9.17, 15) is 18.0 Å². The molecule has 2 aromatic rings. The van der Waals surface area contributed by atoms with Gasteiger partial charge in [-0.3, -0.25) is 4.79 Å². The summed E-state index contributed by atoms with van der Waals surface area (Å²) in [6.07, 6.45) is -5.99. The highest BCUT2D eigenvalue weighted by molar-refractivity contribution is 7.13. The molecule has 108 valence electrons. The average molecular weight is 303 g/mol. The van der Waals surface area contributed by atoms with Gasteiger partial charge in [0.05, 0.1) is 17.8 Å². The molecule has 2 aromatic heterocycles. The summed E-state index contributed by atoms with van der Waals surface area (Å²) in [5.74, 6) is 0.546. The van der Waals surface area contributed by atoms with Gasteiger partial charge in [-0.25, -0.2) is 0 Å². The zero-order chi connectivity index (χ0) is 14.6. The summed E-state index contributed by atoms with van der Waals surface area (Å²) in [7, 11) is 0. The molecule has 2 rings (SSSR count). The molecule has 1 N–H and O–H groups in total. The number of hydrogen-bond acceptors (Lipinski definition) is 3. The standard InChI is InChI=1S/C13H12F3NO2S/c14-13(15,16)6-5-12(18)17-8-9-3-4-10(19-9)11-2-1-7-20-11/h1-4,7H,5-6,8H2,(H,17,18). The van der Waals surface area contributed by atoms with Crippen LogP contribution in [0.15, 0.2) is 34.1 Å². The molecule has 0 aromatic carbocycles. The molecule has 0 saturated heterocycles. The van der Waals surface area contributed by atoms with E-state index in [2.05, 4.69) is 5.32 Å². The van der Waals surface area contributed by atoms with Gasteiger partial charge in [0.2, 0.25) is 5.91 Å². The highest BCUT2D eigenvalue weighted by atomic mass is 32.1. The van der Waals surface area contributed by atoms with Crippen molar-refractivity contribution in [3.63, 3.8) is 0 Å². The monoisotopic (exact) mass is 303 g/mol. The van der Waals surface area contributed by atoms with E-state index in [1.807, 2.05) is 17.5 Å². The molecule has 2 heterocycles. The molecule has 0 saturated carbocycles. The van der Waals surface area contributed by atoms with Crippen LogP contribution >= 0.6 is 11.3 Å². The van der Waals surface area contributed by atoms with Crippen molar-refractivity contribution in [3.05, 3.63) is 35.4 Å². The molecular weight excluding hydrogens is 291 g/mol. The minimum atomic E-state index is -4.31. The predicted molar refractivity (Wildman–Crippen MR) is 69.2 cm³/mol. The second kappa shape index (κ2) is 6.13. The lowest BCUT2D eigenvalue weighted by molar-refractivity contribution is -0.144. The van der Waals surface area contributed by atoms with Gasteiger partial charge in [0.1, 0.15) is 11.5 Å². The van der Waals surface area contributed by atoms with Crippen molar-refractivity contribution in [1.82, 2.24) is 5.32 Å². The van der Waals surface area contributed by atoms with E-state index >= 15 is 0 Å². The molecule has 0 aliphatic heterocycles. The summed E-state index contributed by atoms with van der Waals surface area (Å²) in [6, 6.07) is 7.25. The molecular formula is C13H12F3NO2S. The fourth-order valence-corrected chi connectivity index (χ4v) is 2.24. The minimum Gasteiger partial charge on any atom is -0.458 e. The molecule has 0 spiro atoms. The van der Waals surface area contributed by atoms with Crippen LogP contribution in [0.5, 0.6) is 0 Å². The second-order valence-corrected chi connectivity index (χ2v) is 5.08. The van der Waals surface area contributed by atoms with E-state index in [-0.39, 0.29) is 6.54 Å². The Hall–Kier alpha value is -1.76. The van der Waals surface area contributed by atoms with Crippen LogP contribution in [0.3, 0.4) is 0 Å². The van der Waals surface area contributed by atoms with Crippen molar-refractivity contribution in [2.24, 2.45) is 0 Å². The molecule has 1 amide bonds. The molecule has 0 aliphatic rings. The normalized spacial score (nSPS) is 11.6. The lowest BCUT2D eigenvalue weighted by Crippen LogP contribution is -2.24. The molecule has 0 bridgehead atoms. The number of furan rings is 1. The molecule has 0 radical (unpaired) electrons. The predicted octanol–water partition coefficient (Wildman–Crippen LogP) is 3.97. The van der Waals surface area contributed by atoms with Crippen LogP contribution < -0.4 is 5.32 Å². The summed E-state index contributed by atoms with van der Waals surface area (Å²) in [6.45, 7) is 0.0854. The largest absolute Gasteiger partial charge is 0.458 e. The lowest BCUT2D eigenvalue weighted by Gasteiger charge is -2.06. The van der Waals surface area contributed by atoms with Crippen LogP contribution in [-0.2, 0) is 11.3 Å². The van der Waals surface area contributed by atoms with Crippen LogP contribution in [0.25, 0.3) is 10.6 Å². The highest BCUT2D eigenvalue weighted by Gasteiger charge is 2.27. The molecule has 0 unspecified atom stereocenters. The fraction of sp³-hybridized carbons (Fsp3) is 0.308. The Bertz CT molecular complexity index is 560. The number of hydrogen-bond donors (Lipinski definition) is 1. The minimum absolute atomic E-state index is 0.0854. The Labute approximate surface area is 117 Å². The number of nitrogens with one attached hydrogen (secondary N) is 1. The number of rotatable bonds is 5. The van der Waals surface area contributed by atoms with Crippen molar-refractivity contribution >= 4 is 17.2 Å². The fourth-order valence-electron chi connectivity index (χ4n) is 1.55. The van der Waals surface area contributed by atoms with E-state index in [1.165, 1.54) is 11.3 Å². The van der Waals surface area contributed by atoms with Gasteiger partial charge in [0.15, 0.2) is 0 Å². The Morgan fingerprint density at radius 2 is 2.10 bits per heavy atom. The Morgan fingerprint density at radius 3 is 2.75 bits per heavy atom. The number of carbonyl (C=O) groups excluding carboxylic acids is 1. The van der Waals surface area contributed by atoms with E-state index in [0.29, 0.717) is 11.5 Å². The van der Waals surface area contributed by atoms with E-state index in [0.717, 1.165) is 4.88 Å². The number of thiophene rings is 1. The van der Waals surface area contributed by atoms with Crippen LogP contribution in [-0.4, -0.2) is 12.1 Å². The third-order valence-electron chi connectivity index (χ3n) is 2.52. The highest BCUT2D eigenvalue weighted by Crippen LogP contribution is 2.26. The molecule has 0 atom stereocenters. The van der Waals surface area contributed by atoms with Crippen LogP contribution in [0.4, 0.5) is 13.2 Å². The topological polar surface area (TPSA) is 42.2 Å². The molecule has 3 nitrogen and oxygen atoms in total. The summed E-state index contributed by atoms with van der Waals surface area (Å²) in [5.41, 5.74) is 0. The zero-order valence-corrected chi connectivity index (χ0v) is 11.2. The maximum Gasteiger partial charge on any atom is 0.389 e. The smallest absolute Gasteiger partial charge is 0.389 e.